The standard InChI is InChI=1S/C36H36F2N8O2S/c1-5-28(47)46-15-12-27(20(46)3)45(6-2)34-24-9-8-22(23-10-11-26(38)32-29(23)31(41-4)33(40)49-32)25(17-39)30(24)42-35(43-34)48-19-36-13-7-14-44(36)18-21(37)16-36/h5,8-11,20-21,27H,1,6-7,12-16,18-19,40H2,2-3H3/t20-,21-,27?,36+/m1/s1. The molecular weight excluding hydrogens is 647 g/mol. The van der Waals surface area contributed by atoms with E-state index in [-0.39, 0.29) is 51.6 Å². The predicted octanol–water partition coefficient (Wildman–Crippen LogP) is 6.61. The summed E-state index contributed by atoms with van der Waals surface area (Å²) in [6, 6.07) is 8.64. The van der Waals surface area contributed by atoms with Crippen molar-refractivity contribution in [3.8, 4) is 23.2 Å². The number of anilines is 2. The molecule has 0 aliphatic carbocycles. The van der Waals surface area contributed by atoms with Crippen LogP contribution in [0.3, 0.4) is 0 Å². The van der Waals surface area contributed by atoms with Crippen LogP contribution in [-0.2, 0) is 4.79 Å². The molecule has 7 rings (SSSR count). The minimum Gasteiger partial charge on any atom is -0.461 e. The first-order valence-corrected chi connectivity index (χ1v) is 17.3. The SMILES string of the molecule is [C-]#[N+]c1c(N)sc2c(F)ccc(-c3ccc4c(N(CC)C5CCN(C(=O)C=C)[C@@H]5C)nc(OC[C@@]56CCCN5C[C@H](F)C6)nc4c3C#N)c12. The third-order valence-electron chi connectivity index (χ3n) is 10.5. The van der Waals surface area contributed by atoms with Gasteiger partial charge in [0.2, 0.25) is 11.6 Å². The van der Waals surface area contributed by atoms with Gasteiger partial charge in [0, 0.05) is 48.4 Å². The zero-order valence-corrected chi connectivity index (χ0v) is 28.2. The molecule has 0 radical (unpaired) electrons. The molecule has 4 atom stereocenters. The van der Waals surface area contributed by atoms with Crippen molar-refractivity contribution in [3.63, 3.8) is 0 Å². The summed E-state index contributed by atoms with van der Waals surface area (Å²) in [5.74, 6) is -0.0849. The number of hydrogen-bond acceptors (Lipinski definition) is 9. The molecule has 2 aromatic carbocycles. The molecule has 13 heteroatoms. The maximum absolute atomic E-state index is 15.0. The van der Waals surface area contributed by atoms with Crippen LogP contribution >= 0.6 is 11.3 Å². The Bertz CT molecular complexity index is 2090. The van der Waals surface area contributed by atoms with Crippen molar-refractivity contribution in [3.05, 3.63) is 59.7 Å². The lowest BCUT2D eigenvalue weighted by Gasteiger charge is -2.34. The van der Waals surface area contributed by atoms with Crippen molar-refractivity contribution in [2.45, 2.75) is 63.3 Å². The maximum Gasteiger partial charge on any atom is 0.319 e. The van der Waals surface area contributed by atoms with Gasteiger partial charge in [-0.25, -0.2) is 13.6 Å². The Kier molecular flexibility index (Phi) is 8.37. The number of alkyl halides is 1. The number of benzene rings is 2. The minimum atomic E-state index is -0.926. The fraction of sp³-hybridized carbons (Fsp3) is 0.417. The van der Waals surface area contributed by atoms with Crippen molar-refractivity contribution in [2.24, 2.45) is 0 Å². The number of ether oxygens (including phenoxy) is 1. The first-order chi connectivity index (χ1) is 23.6. The number of thiophene rings is 1. The summed E-state index contributed by atoms with van der Waals surface area (Å²) in [5, 5.41) is 11.9. The molecule has 3 aliphatic heterocycles. The maximum atomic E-state index is 15.0. The third kappa shape index (κ3) is 5.23. The lowest BCUT2D eigenvalue weighted by atomic mass is 9.94. The Morgan fingerprint density at radius 2 is 2.12 bits per heavy atom. The molecule has 0 bridgehead atoms. The van der Waals surface area contributed by atoms with Crippen LogP contribution in [0.2, 0.25) is 0 Å². The van der Waals surface area contributed by atoms with E-state index >= 15 is 0 Å². The number of rotatable bonds is 8. The molecule has 252 valence electrons. The summed E-state index contributed by atoms with van der Waals surface area (Å²) in [6.07, 6.45) is 3.24. The van der Waals surface area contributed by atoms with E-state index in [0.717, 1.165) is 30.7 Å². The van der Waals surface area contributed by atoms with Crippen molar-refractivity contribution in [1.82, 2.24) is 19.8 Å². The number of carbonyl (C=O) groups excluding carboxylic acids is 1. The first kappa shape index (κ1) is 32.7. The summed E-state index contributed by atoms with van der Waals surface area (Å²) < 4.78 is 36.2. The number of fused-ring (bicyclic) bond motifs is 3. The van der Waals surface area contributed by atoms with Gasteiger partial charge in [-0.1, -0.05) is 18.7 Å². The molecule has 4 aromatic rings. The average molecular weight is 683 g/mol. The zero-order chi connectivity index (χ0) is 34.6. The Balaban J connectivity index is 1.40. The number of aromatic nitrogens is 2. The van der Waals surface area contributed by atoms with E-state index in [9.17, 15) is 18.8 Å². The number of likely N-dealkylation sites (tertiary alicyclic amines) is 1. The lowest BCUT2D eigenvalue weighted by molar-refractivity contribution is -0.126. The number of hydrogen-bond donors (Lipinski definition) is 1. The number of nitrogen functional groups attached to an aromatic ring is 1. The van der Waals surface area contributed by atoms with Crippen molar-refractivity contribution in [2.75, 3.05) is 43.4 Å². The Hall–Kier alpha value is -4.85. The van der Waals surface area contributed by atoms with Gasteiger partial charge >= 0.3 is 6.01 Å². The van der Waals surface area contributed by atoms with Gasteiger partial charge in [-0.15, -0.1) is 11.3 Å². The molecule has 2 N–H and O–H groups in total. The second-order valence-corrected chi connectivity index (χ2v) is 14.1. The number of nitrogens with two attached hydrogens (primary N) is 1. The number of likely N-dealkylation sites (N-methyl/N-ethyl adjacent to an activating group) is 1. The summed E-state index contributed by atoms with van der Waals surface area (Å²) in [6.45, 7) is 17.9. The molecular formula is C36H36F2N8O2S. The molecule has 0 saturated carbocycles. The number of nitrogens with zero attached hydrogens (tertiary/aromatic N) is 7. The minimum absolute atomic E-state index is 0.0636. The molecule has 3 aliphatic rings. The molecule has 5 heterocycles. The normalized spacial score (nSPS) is 23.5. The molecule has 2 aromatic heterocycles. The predicted molar refractivity (Wildman–Crippen MR) is 187 cm³/mol. The Morgan fingerprint density at radius 3 is 2.86 bits per heavy atom. The van der Waals surface area contributed by atoms with Gasteiger partial charge < -0.3 is 20.3 Å². The van der Waals surface area contributed by atoms with Gasteiger partial charge in [0.05, 0.1) is 38.9 Å². The van der Waals surface area contributed by atoms with Gasteiger partial charge in [-0.05, 0) is 63.4 Å². The average Bonchev–Trinajstić information content (AvgIpc) is 3.84. The summed E-state index contributed by atoms with van der Waals surface area (Å²) in [5.41, 5.74) is 7.35. The molecule has 3 saturated heterocycles. The highest BCUT2D eigenvalue weighted by atomic mass is 32.1. The van der Waals surface area contributed by atoms with E-state index in [1.807, 2.05) is 19.9 Å². The Labute approximate surface area is 287 Å². The van der Waals surface area contributed by atoms with Gasteiger partial charge in [0.1, 0.15) is 30.5 Å². The van der Waals surface area contributed by atoms with Gasteiger partial charge in [0.25, 0.3) is 0 Å². The lowest BCUT2D eigenvalue weighted by Crippen LogP contribution is -2.45. The Morgan fingerprint density at radius 1 is 1.33 bits per heavy atom. The van der Waals surface area contributed by atoms with Crippen molar-refractivity contribution >= 4 is 54.7 Å². The van der Waals surface area contributed by atoms with Crippen LogP contribution in [0.1, 0.15) is 45.1 Å². The van der Waals surface area contributed by atoms with E-state index in [0.29, 0.717) is 65.7 Å². The number of amides is 1. The molecule has 0 spiro atoms. The van der Waals surface area contributed by atoms with Crippen molar-refractivity contribution in [1.29, 1.82) is 5.26 Å². The molecule has 3 fully saturated rings. The highest BCUT2D eigenvalue weighted by molar-refractivity contribution is 7.23. The van der Waals surface area contributed by atoms with Crippen LogP contribution in [-0.4, -0.2) is 82.3 Å². The second-order valence-electron chi connectivity index (χ2n) is 13.0. The largest absolute Gasteiger partial charge is 0.461 e. The summed E-state index contributed by atoms with van der Waals surface area (Å²) in [7, 11) is 0. The molecule has 1 amide bonds. The highest BCUT2D eigenvalue weighted by Crippen LogP contribution is 2.48. The van der Waals surface area contributed by atoms with Crippen LogP contribution in [0.5, 0.6) is 6.01 Å². The quantitative estimate of drug-likeness (QED) is 0.163. The summed E-state index contributed by atoms with van der Waals surface area (Å²) in [4.78, 5) is 32.1. The van der Waals surface area contributed by atoms with Gasteiger partial charge in [-0.2, -0.15) is 15.2 Å². The van der Waals surface area contributed by atoms with E-state index in [1.165, 1.54) is 12.1 Å². The van der Waals surface area contributed by atoms with E-state index < -0.39 is 17.5 Å². The number of nitriles is 1. The van der Waals surface area contributed by atoms with Crippen LogP contribution in [0.15, 0.2) is 36.9 Å². The van der Waals surface area contributed by atoms with Gasteiger partial charge in [0.15, 0.2) is 0 Å². The fourth-order valence-corrected chi connectivity index (χ4v) is 9.19. The third-order valence-corrected chi connectivity index (χ3v) is 11.6. The van der Waals surface area contributed by atoms with E-state index in [1.54, 1.807) is 17.0 Å². The van der Waals surface area contributed by atoms with E-state index in [2.05, 4.69) is 27.3 Å². The van der Waals surface area contributed by atoms with E-state index in [4.69, 9.17) is 27.0 Å². The number of carbonyl (C=O) groups is 1. The van der Waals surface area contributed by atoms with Gasteiger partial charge in [-0.3, -0.25) is 9.69 Å². The van der Waals surface area contributed by atoms with Crippen molar-refractivity contribution < 1.29 is 18.3 Å². The molecule has 10 nitrogen and oxygen atoms in total. The van der Waals surface area contributed by atoms with Crippen LogP contribution < -0.4 is 15.4 Å². The molecule has 49 heavy (non-hydrogen) atoms. The second kappa shape index (κ2) is 12.6. The highest BCUT2D eigenvalue weighted by Gasteiger charge is 2.49. The summed E-state index contributed by atoms with van der Waals surface area (Å²) >= 11 is 1.00. The first-order valence-electron chi connectivity index (χ1n) is 16.5. The molecule has 1 unspecified atom stereocenters. The van der Waals surface area contributed by atoms with Crippen LogP contribution in [0.25, 0.3) is 37.0 Å². The zero-order valence-electron chi connectivity index (χ0n) is 27.4. The smallest absolute Gasteiger partial charge is 0.319 e. The van der Waals surface area contributed by atoms with Crippen LogP contribution in [0.4, 0.5) is 25.3 Å². The fourth-order valence-electron chi connectivity index (χ4n) is 8.25. The topological polar surface area (TPSA) is 116 Å². The monoisotopic (exact) mass is 682 g/mol. The number of halogens is 2. The van der Waals surface area contributed by atoms with Crippen LogP contribution in [0, 0.1) is 23.7 Å².